The van der Waals surface area contributed by atoms with Crippen LogP contribution < -0.4 is 0 Å². The Balaban J connectivity index is 2.08. The summed E-state index contributed by atoms with van der Waals surface area (Å²) in [6.45, 7) is 2.01. The number of nitrogens with zero attached hydrogens (tertiary/aromatic N) is 2. The summed E-state index contributed by atoms with van der Waals surface area (Å²) in [5, 5.41) is 9.40. The molecule has 3 rings (SSSR count). The van der Waals surface area contributed by atoms with E-state index in [1.54, 1.807) is 0 Å². The molecule has 0 atom stereocenters. The SMILES string of the molecule is Cc1[nH]c(C2(C#N)CCC2)nc1-c1ccccc1Br. The second-order valence-corrected chi connectivity index (χ2v) is 5.94. The summed E-state index contributed by atoms with van der Waals surface area (Å²) in [5.41, 5.74) is 2.63. The molecule has 0 spiro atoms. The maximum absolute atomic E-state index is 9.40. The summed E-state index contributed by atoms with van der Waals surface area (Å²) in [6.07, 6.45) is 2.93. The van der Waals surface area contributed by atoms with Crippen LogP contribution in [0.3, 0.4) is 0 Å². The van der Waals surface area contributed by atoms with E-state index in [9.17, 15) is 5.26 Å². The van der Waals surface area contributed by atoms with Gasteiger partial charge in [-0.3, -0.25) is 0 Å². The maximum atomic E-state index is 9.40. The third-order valence-corrected chi connectivity index (χ3v) is 4.58. The number of hydrogen-bond donors (Lipinski definition) is 1. The molecule has 96 valence electrons. The van der Waals surface area contributed by atoms with E-state index in [-0.39, 0.29) is 5.41 Å². The fourth-order valence-corrected chi connectivity index (χ4v) is 3.01. The van der Waals surface area contributed by atoms with Crippen molar-refractivity contribution in [2.45, 2.75) is 31.6 Å². The van der Waals surface area contributed by atoms with Crippen LogP contribution in [0, 0.1) is 18.3 Å². The standard InChI is InChI=1S/C15H14BrN3/c1-10-13(11-5-2-3-6-12(11)16)19-14(18-10)15(9-17)7-4-8-15/h2-3,5-6H,4,7-8H2,1H3,(H,18,19). The lowest BCUT2D eigenvalue weighted by Crippen LogP contribution is -2.33. The van der Waals surface area contributed by atoms with Gasteiger partial charge in [-0.2, -0.15) is 5.26 Å². The third kappa shape index (κ3) is 1.89. The molecule has 1 N–H and O–H groups in total. The van der Waals surface area contributed by atoms with Crippen LogP contribution in [-0.4, -0.2) is 9.97 Å². The normalized spacial score (nSPS) is 16.7. The van der Waals surface area contributed by atoms with E-state index in [0.29, 0.717) is 0 Å². The van der Waals surface area contributed by atoms with E-state index in [0.717, 1.165) is 46.5 Å². The van der Waals surface area contributed by atoms with Crippen LogP contribution in [0.2, 0.25) is 0 Å². The molecule has 1 aromatic heterocycles. The summed E-state index contributed by atoms with van der Waals surface area (Å²) in [6, 6.07) is 10.5. The molecule has 1 heterocycles. The van der Waals surface area contributed by atoms with Crippen LogP contribution in [0.5, 0.6) is 0 Å². The Kier molecular flexibility index (Phi) is 2.94. The first-order valence-corrected chi connectivity index (χ1v) is 7.19. The van der Waals surface area contributed by atoms with E-state index in [1.165, 1.54) is 0 Å². The highest BCUT2D eigenvalue weighted by molar-refractivity contribution is 9.10. The molecular formula is C15H14BrN3. The molecule has 0 radical (unpaired) electrons. The fraction of sp³-hybridized carbons (Fsp3) is 0.333. The molecule has 1 aliphatic rings. The number of imidazole rings is 1. The lowest BCUT2D eigenvalue weighted by atomic mass is 9.69. The number of benzene rings is 1. The second kappa shape index (κ2) is 4.50. The summed E-state index contributed by atoms with van der Waals surface area (Å²) >= 11 is 3.56. The third-order valence-electron chi connectivity index (χ3n) is 3.89. The number of rotatable bonds is 2. The van der Waals surface area contributed by atoms with E-state index in [1.807, 2.05) is 31.2 Å². The number of halogens is 1. The molecular weight excluding hydrogens is 302 g/mol. The quantitative estimate of drug-likeness (QED) is 0.907. The minimum Gasteiger partial charge on any atom is -0.344 e. The highest BCUT2D eigenvalue weighted by Gasteiger charge is 2.42. The molecule has 19 heavy (non-hydrogen) atoms. The predicted molar refractivity (Wildman–Crippen MR) is 77.6 cm³/mol. The minimum absolute atomic E-state index is 0.385. The highest BCUT2D eigenvalue weighted by Crippen LogP contribution is 2.43. The fourth-order valence-electron chi connectivity index (χ4n) is 2.53. The largest absolute Gasteiger partial charge is 0.344 e. The topological polar surface area (TPSA) is 52.5 Å². The van der Waals surface area contributed by atoms with Crippen LogP contribution >= 0.6 is 15.9 Å². The summed E-state index contributed by atoms with van der Waals surface area (Å²) in [4.78, 5) is 8.01. The number of aromatic nitrogens is 2. The van der Waals surface area contributed by atoms with Crippen LogP contribution in [0.15, 0.2) is 28.7 Å². The molecule has 3 nitrogen and oxygen atoms in total. The van der Waals surface area contributed by atoms with Crippen molar-refractivity contribution in [2.24, 2.45) is 0 Å². The average Bonchev–Trinajstić information content (AvgIpc) is 2.72. The van der Waals surface area contributed by atoms with Crippen molar-refractivity contribution in [1.29, 1.82) is 5.26 Å². The predicted octanol–water partition coefficient (Wildman–Crippen LogP) is 4.09. The van der Waals surface area contributed by atoms with Gasteiger partial charge in [0.1, 0.15) is 11.2 Å². The van der Waals surface area contributed by atoms with Crippen LogP contribution in [-0.2, 0) is 5.41 Å². The highest BCUT2D eigenvalue weighted by atomic mass is 79.9. The van der Waals surface area contributed by atoms with Gasteiger partial charge in [0, 0.05) is 15.7 Å². The number of aryl methyl sites for hydroxylation is 1. The van der Waals surface area contributed by atoms with Crippen molar-refractivity contribution >= 4 is 15.9 Å². The van der Waals surface area contributed by atoms with E-state index in [2.05, 4.69) is 27.0 Å². The Labute approximate surface area is 120 Å². The molecule has 1 fully saturated rings. The number of hydrogen-bond acceptors (Lipinski definition) is 2. The number of nitrogens with one attached hydrogen (secondary N) is 1. The van der Waals surface area contributed by atoms with Gasteiger partial charge in [0.25, 0.3) is 0 Å². The van der Waals surface area contributed by atoms with Gasteiger partial charge < -0.3 is 4.98 Å². The van der Waals surface area contributed by atoms with Gasteiger partial charge >= 0.3 is 0 Å². The lowest BCUT2D eigenvalue weighted by Gasteiger charge is -2.32. The van der Waals surface area contributed by atoms with Crippen molar-refractivity contribution in [3.05, 3.63) is 40.3 Å². The summed E-state index contributed by atoms with van der Waals surface area (Å²) in [5.74, 6) is 0.824. The Bertz CT molecular complexity index is 662. The van der Waals surface area contributed by atoms with Crippen molar-refractivity contribution in [3.63, 3.8) is 0 Å². The number of nitriles is 1. The first-order chi connectivity index (χ1) is 9.16. The van der Waals surface area contributed by atoms with Crippen molar-refractivity contribution < 1.29 is 0 Å². The molecule has 2 aromatic rings. The van der Waals surface area contributed by atoms with Crippen molar-refractivity contribution in [1.82, 2.24) is 9.97 Å². The smallest absolute Gasteiger partial charge is 0.127 e. The Morgan fingerprint density at radius 1 is 1.37 bits per heavy atom. The number of aromatic amines is 1. The van der Waals surface area contributed by atoms with Crippen molar-refractivity contribution in [3.8, 4) is 17.3 Å². The Morgan fingerprint density at radius 3 is 2.68 bits per heavy atom. The van der Waals surface area contributed by atoms with Crippen molar-refractivity contribution in [2.75, 3.05) is 0 Å². The van der Waals surface area contributed by atoms with Crippen LogP contribution in [0.25, 0.3) is 11.3 Å². The lowest BCUT2D eigenvalue weighted by molar-refractivity contribution is 0.309. The molecule has 0 unspecified atom stereocenters. The Morgan fingerprint density at radius 2 is 2.11 bits per heavy atom. The zero-order chi connectivity index (χ0) is 13.5. The van der Waals surface area contributed by atoms with Gasteiger partial charge in [-0.15, -0.1) is 0 Å². The van der Waals surface area contributed by atoms with Gasteiger partial charge in [0.2, 0.25) is 0 Å². The molecule has 0 aliphatic heterocycles. The summed E-state index contributed by atoms with van der Waals surface area (Å²) < 4.78 is 1.02. The first-order valence-electron chi connectivity index (χ1n) is 6.39. The van der Waals surface area contributed by atoms with E-state index < -0.39 is 0 Å². The molecule has 0 bridgehead atoms. The van der Waals surface area contributed by atoms with Gasteiger partial charge in [-0.25, -0.2) is 4.98 Å². The van der Waals surface area contributed by atoms with Gasteiger partial charge in [-0.05, 0) is 32.3 Å². The molecule has 0 saturated heterocycles. The average molecular weight is 316 g/mol. The molecule has 1 saturated carbocycles. The maximum Gasteiger partial charge on any atom is 0.127 e. The molecule has 0 amide bonds. The van der Waals surface area contributed by atoms with Gasteiger partial charge in [0.15, 0.2) is 0 Å². The Hall–Kier alpha value is -1.60. The second-order valence-electron chi connectivity index (χ2n) is 5.09. The minimum atomic E-state index is -0.385. The van der Waals surface area contributed by atoms with Gasteiger partial charge in [-0.1, -0.05) is 34.1 Å². The molecule has 1 aromatic carbocycles. The van der Waals surface area contributed by atoms with E-state index in [4.69, 9.17) is 4.98 Å². The molecule has 1 aliphatic carbocycles. The van der Waals surface area contributed by atoms with E-state index >= 15 is 0 Å². The summed E-state index contributed by atoms with van der Waals surface area (Å²) in [7, 11) is 0. The monoisotopic (exact) mass is 315 g/mol. The zero-order valence-electron chi connectivity index (χ0n) is 10.7. The van der Waals surface area contributed by atoms with Crippen LogP contribution in [0.4, 0.5) is 0 Å². The zero-order valence-corrected chi connectivity index (χ0v) is 12.3. The first kappa shape index (κ1) is 12.4. The van der Waals surface area contributed by atoms with Crippen LogP contribution in [0.1, 0.15) is 30.8 Å². The van der Waals surface area contributed by atoms with Gasteiger partial charge in [0.05, 0.1) is 11.8 Å². The molecule has 4 heteroatoms. The number of H-pyrrole nitrogens is 1.